The maximum atomic E-state index is 10.5. The molecule has 4 nitrogen and oxygen atoms in total. The fourth-order valence-corrected chi connectivity index (χ4v) is 1.18. The largest absolute Gasteiger partial charge is 0.377 e. The molecule has 2 atom stereocenters. The molecule has 0 aliphatic carbocycles. The number of nitrogens with zero attached hydrogens (tertiary/aromatic N) is 1. The van der Waals surface area contributed by atoms with Crippen LogP contribution in [0.15, 0.2) is 0 Å². The maximum absolute atomic E-state index is 10.5. The zero-order valence-electron chi connectivity index (χ0n) is 7.82. The Hall–Kier alpha value is 0.0300. The van der Waals surface area contributed by atoms with Crippen molar-refractivity contribution < 1.29 is 13.5 Å². The Kier molecular flexibility index (Phi) is 6.55. The van der Waals surface area contributed by atoms with Gasteiger partial charge in [0.15, 0.2) is 0 Å². The summed E-state index contributed by atoms with van der Waals surface area (Å²) in [4.78, 5) is 0. The molecule has 0 aliphatic heterocycles. The summed E-state index contributed by atoms with van der Waals surface area (Å²) in [5.74, 6) is 0. The lowest BCUT2D eigenvalue weighted by molar-refractivity contribution is 0.0498. The monoisotopic (exact) mass is 195 g/mol. The molecule has 0 aliphatic rings. The van der Waals surface area contributed by atoms with Crippen LogP contribution >= 0.6 is 0 Å². The van der Waals surface area contributed by atoms with Crippen LogP contribution in [0, 0.1) is 0 Å². The van der Waals surface area contributed by atoms with Crippen molar-refractivity contribution in [1.82, 2.24) is 4.31 Å². The van der Waals surface area contributed by atoms with Gasteiger partial charge in [0.1, 0.15) is 0 Å². The predicted molar refractivity (Wildman–Crippen MR) is 49.1 cm³/mol. The van der Waals surface area contributed by atoms with Crippen LogP contribution in [0.2, 0.25) is 0 Å². The van der Waals surface area contributed by atoms with Crippen LogP contribution in [0.1, 0.15) is 20.3 Å². The minimum atomic E-state index is -1.88. The zero-order chi connectivity index (χ0) is 9.56. The Morgan fingerprint density at radius 2 is 2.17 bits per heavy atom. The maximum Gasteiger partial charge on any atom is 0.234 e. The normalized spacial score (nSPS) is 16.4. The van der Waals surface area contributed by atoms with Gasteiger partial charge in [0, 0.05) is 20.2 Å². The molecule has 5 heteroatoms. The number of hydrogen-bond donors (Lipinski definition) is 1. The number of hydrogen-bond acceptors (Lipinski definition) is 2. The molecule has 1 N–H and O–H groups in total. The lowest BCUT2D eigenvalue weighted by Gasteiger charge is -2.19. The molecular weight excluding hydrogens is 178 g/mol. The molecular formula is C7H17NO3S. The fourth-order valence-electron chi connectivity index (χ4n) is 0.886. The van der Waals surface area contributed by atoms with Crippen LogP contribution in [0.3, 0.4) is 0 Å². The first-order valence-electron chi connectivity index (χ1n) is 4.05. The third-order valence-electron chi connectivity index (χ3n) is 1.59. The van der Waals surface area contributed by atoms with Crippen molar-refractivity contribution in [2.24, 2.45) is 0 Å². The molecule has 0 amide bonds. The summed E-state index contributed by atoms with van der Waals surface area (Å²) in [6.07, 6.45) is 0.908. The molecule has 0 saturated carbocycles. The van der Waals surface area contributed by atoms with E-state index in [1.54, 1.807) is 7.05 Å². The third kappa shape index (κ3) is 4.82. The van der Waals surface area contributed by atoms with Crippen molar-refractivity contribution in [3.8, 4) is 0 Å². The second-order valence-corrected chi connectivity index (χ2v) is 3.61. The summed E-state index contributed by atoms with van der Waals surface area (Å²) >= 11 is -1.88. The van der Waals surface area contributed by atoms with Crippen LogP contribution in [0.5, 0.6) is 0 Å². The van der Waals surface area contributed by atoms with Gasteiger partial charge in [-0.05, 0) is 13.3 Å². The summed E-state index contributed by atoms with van der Waals surface area (Å²) in [5, 5.41) is 0. The van der Waals surface area contributed by atoms with Crippen LogP contribution in [0.4, 0.5) is 0 Å². The molecule has 1 unspecified atom stereocenters. The van der Waals surface area contributed by atoms with Crippen LogP contribution in [-0.4, -0.2) is 39.4 Å². The van der Waals surface area contributed by atoms with Gasteiger partial charge in [-0.2, -0.15) is 0 Å². The van der Waals surface area contributed by atoms with E-state index < -0.39 is 11.3 Å². The first-order chi connectivity index (χ1) is 5.61. The van der Waals surface area contributed by atoms with Gasteiger partial charge in [-0.15, -0.1) is 0 Å². The van der Waals surface area contributed by atoms with E-state index in [2.05, 4.69) is 0 Å². The first-order valence-corrected chi connectivity index (χ1v) is 5.11. The highest BCUT2D eigenvalue weighted by Crippen LogP contribution is 2.01. The van der Waals surface area contributed by atoms with E-state index >= 15 is 0 Å². The van der Waals surface area contributed by atoms with Gasteiger partial charge in [-0.3, -0.25) is 4.55 Å². The summed E-state index contributed by atoms with van der Waals surface area (Å²) in [6.45, 7) is 5.05. The first kappa shape index (κ1) is 12.0. The second-order valence-electron chi connectivity index (χ2n) is 2.53. The smallest absolute Gasteiger partial charge is 0.234 e. The standard InChI is InChI=1S/C7H17NO3S/c1-4-7(11-5-2)6-8(3)12(9)10/h7H,4-6H2,1-3H3,(H,9,10)/t7-/m0/s1. The molecule has 0 aromatic heterocycles. The molecule has 0 aromatic carbocycles. The Bertz CT molecular complexity index is 143. The number of likely N-dealkylation sites (N-methyl/N-ethyl adjacent to an activating group) is 1. The highest BCUT2D eigenvalue weighted by atomic mass is 32.2. The van der Waals surface area contributed by atoms with E-state index in [9.17, 15) is 4.21 Å². The predicted octanol–water partition coefficient (Wildman–Crippen LogP) is 0.870. The average molecular weight is 195 g/mol. The molecule has 0 rings (SSSR count). The Balaban J connectivity index is 3.76. The molecule has 0 heterocycles. The van der Waals surface area contributed by atoms with E-state index in [4.69, 9.17) is 9.29 Å². The number of ether oxygens (including phenoxy) is 1. The summed E-state index contributed by atoms with van der Waals surface area (Å²) in [5.41, 5.74) is 0. The minimum Gasteiger partial charge on any atom is -0.377 e. The van der Waals surface area contributed by atoms with Gasteiger partial charge >= 0.3 is 0 Å². The van der Waals surface area contributed by atoms with E-state index in [-0.39, 0.29) is 6.10 Å². The topological polar surface area (TPSA) is 49.8 Å². The highest BCUT2D eigenvalue weighted by molar-refractivity contribution is 7.76. The molecule has 0 aromatic rings. The van der Waals surface area contributed by atoms with Crippen LogP contribution in [0.25, 0.3) is 0 Å². The molecule has 0 bridgehead atoms. The molecule has 0 spiro atoms. The lowest BCUT2D eigenvalue weighted by Crippen LogP contribution is -2.31. The molecule has 74 valence electrons. The summed E-state index contributed by atoms with van der Waals surface area (Å²) in [7, 11) is 1.60. The Morgan fingerprint density at radius 3 is 2.50 bits per heavy atom. The third-order valence-corrected chi connectivity index (χ3v) is 2.27. The van der Waals surface area contributed by atoms with Gasteiger partial charge < -0.3 is 4.74 Å². The SMILES string of the molecule is CCO[C@@H](CC)CN(C)S(=O)O. The van der Waals surface area contributed by atoms with Gasteiger partial charge in [-0.1, -0.05) is 6.92 Å². The van der Waals surface area contributed by atoms with Crippen LogP contribution < -0.4 is 0 Å². The molecule has 0 saturated heterocycles. The van der Waals surface area contributed by atoms with Crippen molar-refractivity contribution in [2.75, 3.05) is 20.2 Å². The zero-order valence-corrected chi connectivity index (χ0v) is 8.63. The van der Waals surface area contributed by atoms with E-state index in [0.717, 1.165) is 6.42 Å². The van der Waals surface area contributed by atoms with E-state index in [1.807, 2.05) is 13.8 Å². The Morgan fingerprint density at radius 1 is 1.58 bits per heavy atom. The van der Waals surface area contributed by atoms with Crippen molar-refractivity contribution in [2.45, 2.75) is 26.4 Å². The van der Waals surface area contributed by atoms with Crippen molar-refractivity contribution >= 4 is 11.3 Å². The quantitative estimate of drug-likeness (QED) is 0.640. The van der Waals surface area contributed by atoms with E-state index in [1.165, 1.54) is 4.31 Å². The second kappa shape index (κ2) is 6.54. The molecule has 0 radical (unpaired) electrons. The molecule has 12 heavy (non-hydrogen) atoms. The van der Waals surface area contributed by atoms with Gasteiger partial charge in [0.05, 0.1) is 6.10 Å². The van der Waals surface area contributed by atoms with Gasteiger partial charge in [-0.25, -0.2) is 8.51 Å². The van der Waals surface area contributed by atoms with Crippen molar-refractivity contribution in [3.63, 3.8) is 0 Å². The summed E-state index contributed by atoms with van der Waals surface area (Å²) < 4.78 is 25.9. The van der Waals surface area contributed by atoms with Crippen LogP contribution in [-0.2, 0) is 16.0 Å². The molecule has 0 fully saturated rings. The fraction of sp³-hybridized carbons (Fsp3) is 1.00. The average Bonchev–Trinajstić information content (AvgIpc) is 2.03. The van der Waals surface area contributed by atoms with Gasteiger partial charge in [0.25, 0.3) is 0 Å². The minimum absolute atomic E-state index is 0.0519. The van der Waals surface area contributed by atoms with Gasteiger partial charge in [0.2, 0.25) is 11.3 Å². The lowest BCUT2D eigenvalue weighted by atomic mass is 10.3. The van der Waals surface area contributed by atoms with E-state index in [0.29, 0.717) is 13.2 Å². The Labute approximate surface area is 76.3 Å². The van der Waals surface area contributed by atoms with Crippen molar-refractivity contribution in [1.29, 1.82) is 0 Å². The van der Waals surface area contributed by atoms with Crippen molar-refractivity contribution in [3.05, 3.63) is 0 Å². The highest BCUT2D eigenvalue weighted by Gasteiger charge is 2.12. The number of rotatable bonds is 6. The summed E-state index contributed by atoms with van der Waals surface area (Å²) in [6, 6.07) is 0.